The third kappa shape index (κ3) is 3.69. The van der Waals surface area contributed by atoms with E-state index in [1.807, 2.05) is 6.07 Å². The summed E-state index contributed by atoms with van der Waals surface area (Å²) in [5.41, 5.74) is 1.98. The largest absolute Gasteiger partial charge is 0.872 e. The van der Waals surface area contributed by atoms with E-state index in [2.05, 4.69) is 0 Å². The molecule has 0 atom stereocenters. The Morgan fingerprint density at radius 1 is 0.913 bits per heavy atom. The van der Waals surface area contributed by atoms with Crippen LogP contribution in [-0.2, 0) is 0 Å². The maximum Gasteiger partial charge on any atom is 0.335 e. The highest BCUT2D eigenvalue weighted by Gasteiger charge is 2.26. The van der Waals surface area contributed by atoms with E-state index in [0.717, 1.165) is 44.1 Å². The molecule has 0 radical (unpaired) electrons. The summed E-state index contributed by atoms with van der Waals surface area (Å²) in [6.07, 6.45) is 11.7. The number of benzene rings is 1. The van der Waals surface area contributed by atoms with Gasteiger partial charge in [-0.15, -0.1) is 0 Å². The SMILES string of the molecule is O=C(O)c1ccc(C2CCCCC2)c(C2CCCCC2)c1[O-].[NH4+]. The van der Waals surface area contributed by atoms with Gasteiger partial charge in [0.2, 0.25) is 0 Å². The molecule has 2 saturated carbocycles. The van der Waals surface area contributed by atoms with Gasteiger partial charge in [0.05, 0.1) is 5.56 Å². The van der Waals surface area contributed by atoms with Crippen molar-refractivity contribution < 1.29 is 15.0 Å². The Morgan fingerprint density at radius 2 is 1.43 bits per heavy atom. The van der Waals surface area contributed by atoms with Crippen molar-refractivity contribution in [3.63, 3.8) is 0 Å². The molecule has 2 fully saturated rings. The smallest absolute Gasteiger partial charge is 0.335 e. The van der Waals surface area contributed by atoms with E-state index >= 15 is 0 Å². The van der Waals surface area contributed by atoms with Crippen molar-refractivity contribution in [1.82, 2.24) is 6.15 Å². The summed E-state index contributed by atoms with van der Waals surface area (Å²) in [5, 5.41) is 22.1. The summed E-state index contributed by atoms with van der Waals surface area (Å²) in [6.45, 7) is 0. The third-order valence-corrected chi connectivity index (χ3v) is 5.52. The first-order valence-electron chi connectivity index (χ1n) is 8.75. The second kappa shape index (κ2) is 7.82. The number of hydrogen-bond donors (Lipinski definition) is 2. The summed E-state index contributed by atoms with van der Waals surface area (Å²) >= 11 is 0. The Balaban J connectivity index is 0.00000192. The molecule has 0 bridgehead atoms. The predicted molar refractivity (Wildman–Crippen MR) is 90.5 cm³/mol. The second-order valence-corrected chi connectivity index (χ2v) is 6.92. The highest BCUT2D eigenvalue weighted by molar-refractivity contribution is 5.91. The number of carboxylic acids is 1. The molecule has 4 nitrogen and oxygen atoms in total. The van der Waals surface area contributed by atoms with Gasteiger partial charge in [-0.05, 0) is 54.7 Å². The molecule has 0 unspecified atom stereocenters. The zero-order valence-corrected chi connectivity index (χ0v) is 14.1. The van der Waals surface area contributed by atoms with Crippen LogP contribution in [0.25, 0.3) is 0 Å². The second-order valence-electron chi connectivity index (χ2n) is 6.92. The van der Waals surface area contributed by atoms with Crippen molar-refractivity contribution in [3.05, 3.63) is 28.8 Å². The molecule has 2 aliphatic carbocycles. The normalized spacial score (nSPS) is 20.0. The summed E-state index contributed by atoms with van der Waals surface area (Å²) in [6, 6.07) is 3.49. The fourth-order valence-electron chi connectivity index (χ4n) is 4.37. The summed E-state index contributed by atoms with van der Waals surface area (Å²) in [4.78, 5) is 11.3. The molecular weight excluding hydrogens is 290 g/mol. The number of hydrogen-bond acceptors (Lipinski definition) is 2. The van der Waals surface area contributed by atoms with E-state index in [4.69, 9.17) is 0 Å². The van der Waals surface area contributed by atoms with Gasteiger partial charge in [0.1, 0.15) is 0 Å². The first-order chi connectivity index (χ1) is 10.7. The molecule has 0 aromatic heterocycles. The van der Waals surface area contributed by atoms with Crippen LogP contribution in [0.15, 0.2) is 12.1 Å². The molecular formula is C19H29NO3. The third-order valence-electron chi connectivity index (χ3n) is 5.52. The summed E-state index contributed by atoms with van der Waals surface area (Å²) in [7, 11) is 0. The van der Waals surface area contributed by atoms with Crippen molar-refractivity contribution in [3.8, 4) is 5.75 Å². The van der Waals surface area contributed by atoms with Crippen LogP contribution in [0.2, 0.25) is 0 Å². The number of carbonyl (C=O) groups is 1. The fourth-order valence-corrected chi connectivity index (χ4v) is 4.37. The van der Waals surface area contributed by atoms with Gasteiger partial charge in [0.15, 0.2) is 0 Å². The van der Waals surface area contributed by atoms with E-state index in [9.17, 15) is 15.0 Å². The van der Waals surface area contributed by atoms with Crippen LogP contribution < -0.4 is 11.3 Å². The van der Waals surface area contributed by atoms with Gasteiger partial charge >= 0.3 is 5.97 Å². The molecule has 0 aliphatic heterocycles. The van der Waals surface area contributed by atoms with Crippen LogP contribution in [0.4, 0.5) is 0 Å². The molecule has 3 rings (SSSR count). The molecule has 5 N–H and O–H groups in total. The van der Waals surface area contributed by atoms with E-state index in [1.54, 1.807) is 6.07 Å². The highest BCUT2D eigenvalue weighted by atomic mass is 16.4. The molecule has 1 aromatic rings. The molecule has 2 aliphatic rings. The maximum absolute atomic E-state index is 12.8. The first kappa shape index (κ1) is 17.8. The van der Waals surface area contributed by atoms with Gasteiger partial charge in [0, 0.05) is 0 Å². The lowest BCUT2D eigenvalue weighted by Gasteiger charge is -2.33. The van der Waals surface area contributed by atoms with Gasteiger partial charge in [-0.25, -0.2) is 4.79 Å². The Morgan fingerprint density at radius 3 is 1.96 bits per heavy atom. The standard InChI is InChI=1S/C19H26O3.H3N/c20-18-16(19(21)22)12-11-15(13-7-3-1-4-8-13)17(18)14-9-5-2-6-10-14;/h11-14,20H,1-10H2,(H,21,22);1H3. The van der Waals surface area contributed by atoms with Crippen LogP contribution >= 0.6 is 0 Å². The minimum Gasteiger partial charge on any atom is -0.872 e. The molecule has 4 heteroatoms. The Labute approximate surface area is 138 Å². The lowest BCUT2D eigenvalue weighted by atomic mass is 9.75. The van der Waals surface area contributed by atoms with Crippen LogP contribution in [0, 0.1) is 0 Å². The van der Waals surface area contributed by atoms with Crippen molar-refractivity contribution in [2.45, 2.75) is 76.0 Å². The number of carboxylic acid groups (broad SMARTS) is 1. The minimum atomic E-state index is -1.09. The molecule has 0 amide bonds. The average Bonchev–Trinajstić information content (AvgIpc) is 2.55. The quantitative estimate of drug-likeness (QED) is 0.826. The lowest BCUT2D eigenvalue weighted by Crippen LogP contribution is -2.17. The van der Waals surface area contributed by atoms with Gasteiger partial charge < -0.3 is 16.4 Å². The summed E-state index contributed by atoms with van der Waals surface area (Å²) in [5.74, 6) is -0.557. The van der Waals surface area contributed by atoms with Crippen molar-refractivity contribution in [2.75, 3.05) is 0 Å². The molecule has 0 saturated heterocycles. The van der Waals surface area contributed by atoms with Gasteiger partial charge in [-0.1, -0.05) is 50.3 Å². The Hall–Kier alpha value is -1.55. The predicted octanol–water partition coefficient (Wildman–Crippen LogP) is 4.93. The monoisotopic (exact) mass is 319 g/mol. The number of quaternary nitrogens is 1. The summed E-state index contributed by atoms with van der Waals surface area (Å²) < 4.78 is 0. The first-order valence-corrected chi connectivity index (χ1v) is 8.75. The highest BCUT2D eigenvalue weighted by Crippen LogP contribution is 2.44. The Kier molecular flexibility index (Phi) is 6.05. The minimum absolute atomic E-state index is 0. The topological polar surface area (TPSA) is 96.9 Å². The fraction of sp³-hybridized carbons (Fsp3) is 0.632. The van der Waals surface area contributed by atoms with E-state index < -0.39 is 5.97 Å². The number of aromatic carboxylic acids is 1. The zero-order chi connectivity index (χ0) is 15.5. The van der Waals surface area contributed by atoms with Gasteiger partial charge in [0.25, 0.3) is 0 Å². The van der Waals surface area contributed by atoms with Crippen LogP contribution in [0.5, 0.6) is 5.75 Å². The van der Waals surface area contributed by atoms with Gasteiger partial charge in [-0.3, -0.25) is 0 Å². The lowest BCUT2D eigenvalue weighted by molar-refractivity contribution is -0.270. The zero-order valence-electron chi connectivity index (χ0n) is 14.1. The average molecular weight is 319 g/mol. The molecule has 128 valence electrons. The molecule has 0 heterocycles. The van der Waals surface area contributed by atoms with E-state index in [0.29, 0.717) is 5.92 Å². The van der Waals surface area contributed by atoms with Gasteiger partial charge in [-0.2, -0.15) is 0 Å². The van der Waals surface area contributed by atoms with Crippen molar-refractivity contribution in [2.24, 2.45) is 0 Å². The maximum atomic E-state index is 12.8. The Bertz CT molecular complexity index is 544. The van der Waals surface area contributed by atoms with Crippen LogP contribution in [-0.4, -0.2) is 11.1 Å². The molecule has 0 spiro atoms. The van der Waals surface area contributed by atoms with Crippen molar-refractivity contribution in [1.29, 1.82) is 0 Å². The van der Waals surface area contributed by atoms with Crippen molar-refractivity contribution >= 4 is 5.97 Å². The van der Waals surface area contributed by atoms with E-state index in [-0.39, 0.29) is 23.4 Å². The molecule has 1 aromatic carbocycles. The molecule has 23 heavy (non-hydrogen) atoms. The van der Waals surface area contributed by atoms with Crippen LogP contribution in [0.3, 0.4) is 0 Å². The number of rotatable bonds is 3. The van der Waals surface area contributed by atoms with E-state index in [1.165, 1.54) is 31.2 Å². The van der Waals surface area contributed by atoms with Crippen LogP contribution in [0.1, 0.15) is 97.5 Å².